The van der Waals surface area contributed by atoms with Crippen LogP contribution in [-0.2, 0) is 6.42 Å². The summed E-state index contributed by atoms with van der Waals surface area (Å²) in [6, 6.07) is 3.99. The van der Waals surface area contributed by atoms with Gasteiger partial charge in [0.1, 0.15) is 5.75 Å². The minimum absolute atomic E-state index is 0.145. The number of methoxy groups -OCH3 is 1. The van der Waals surface area contributed by atoms with Crippen LogP contribution >= 0.6 is 15.9 Å². The molecule has 0 bridgehead atoms. The maximum absolute atomic E-state index is 8.83. The maximum atomic E-state index is 8.83. The quantitative estimate of drug-likeness (QED) is 0.885. The smallest absolute Gasteiger partial charge is 0.136 e. The summed E-state index contributed by atoms with van der Waals surface area (Å²) in [7, 11) is 1.64. The van der Waals surface area contributed by atoms with E-state index in [0.717, 1.165) is 21.3 Å². The van der Waals surface area contributed by atoms with Crippen LogP contribution in [0.1, 0.15) is 11.1 Å². The van der Waals surface area contributed by atoms with E-state index < -0.39 is 0 Å². The molecule has 13 heavy (non-hydrogen) atoms. The molecule has 0 aliphatic carbocycles. The third-order valence-electron chi connectivity index (χ3n) is 1.96. The highest BCUT2D eigenvalue weighted by Crippen LogP contribution is 2.32. The van der Waals surface area contributed by atoms with Crippen LogP contribution < -0.4 is 4.74 Å². The minimum atomic E-state index is 0.145. The van der Waals surface area contributed by atoms with Gasteiger partial charge in [-0.05, 0) is 40.4 Å². The first-order valence-corrected chi connectivity index (χ1v) is 4.92. The Morgan fingerprint density at radius 1 is 1.46 bits per heavy atom. The number of aliphatic hydroxyl groups excluding tert-OH is 1. The van der Waals surface area contributed by atoms with Gasteiger partial charge in [0.15, 0.2) is 0 Å². The van der Waals surface area contributed by atoms with E-state index >= 15 is 0 Å². The Morgan fingerprint density at radius 3 is 2.69 bits per heavy atom. The first-order chi connectivity index (χ1) is 6.20. The van der Waals surface area contributed by atoms with Crippen molar-refractivity contribution in [2.24, 2.45) is 0 Å². The fourth-order valence-corrected chi connectivity index (χ4v) is 1.78. The Bertz CT molecular complexity index is 297. The van der Waals surface area contributed by atoms with Gasteiger partial charge in [-0.1, -0.05) is 12.1 Å². The van der Waals surface area contributed by atoms with Crippen molar-refractivity contribution in [1.29, 1.82) is 0 Å². The van der Waals surface area contributed by atoms with E-state index in [1.807, 2.05) is 19.1 Å². The van der Waals surface area contributed by atoms with Crippen molar-refractivity contribution in [2.75, 3.05) is 13.7 Å². The summed E-state index contributed by atoms with van der Waals surface area (Å²) in [6.45, 7) is 2.15. The Labute approximate surface area is 86.7 Å². The third kappa shape index (κ3) is 2.23. The number of halogens is 1. The largest absolute Gasteiger partial charge is 0.495 e. The van der Waals surface area contributed by atoms with Crippen molar-refractivity contribution in [1.82, 2.24) is 0 Å². The summed E-state index contributed by atoms with van der Waals surface area (Å²) in [5, 5.41) is 8.83. The van der Waals surface area contributed by atoms with E-state index in [1.165, 1.54) is 0 Å². The highest BCUT2D eigenvalue weighted by molar-refractivity contribution is 9.10. The van der Waals surface area contributed by atoms with Gasteiger partial charge in [-0.25, -0.2) is 0 Å². The molecule has 0 aliphatic heterocycles. The zero-order valence-electron chi connectivity index (χ0n) is 7.80. The van der Waals surface area contributed by atoms with Crippen molar-refractivity contribution in [3.63, 3.8) is 0 Å². The lowest BCUT2D eigenvalue weighted by atomic mass is 10.1. The highest BCUT2D eigenvalue weighted by Gasteiger charge is 2.08. The van der Waals surface area contributed by atoms with Crippen LogP contribution in [0.5, 0.6) is 5.75 Å². The maximum Gasteiger partial charge on any atom is 0.136 e. The monoisotopic (exact) mass is 244 g/mol. The Balaban J connectivity index is 3.13. The number of rotatable bonds is 3. The van der Waals surface area contributed by atoms with Crippen LogP contribution in [0.4, 0.5) is 0 Å². The Hall–Kier alpha value is -0.540. The van der Waals surface area contributed by atoms with Crippen molar-refractivity contribution in [2.45, 2.75) is 13.3 Å². The van der Waals surface area contributed by atoms with E-state index in [0.29, 0.717) is 6.42 Å². The summed E-state index contributed by atoms with van der Waals surface area (Å²) in [4.78, 5) is 0. The number of hydrogen-bond acceptors (Lipinski definition) is 2. The van der Waals surface area contributed by atoms with Gasteiger partial charge >= 0.3 is 0 Å². The SMILES string of the molecule is COc1c(CCO)ccc(C)c1Br. The standard InChI is InChI=1S/C10H13BrO2/c1-7-3-4-8(5-6-12)10(13-2)9(7)11/h3-4,12H,5-6H2,1-2H3. The molecule has 1 rings (SSSR count). The zero-order valence-corrected chi connectivity index (χ0v) is 9.39. The molecule has 1 N–H and O–H groups in total. The third-order valence-corrected chi connectivity index (χ3v) is 2.94. The Kier molecular flexibility index (Phi) is 3.75. The van der Waals surface area contributed by atoms with Crippen LogP contribution in [0.15, 0.2) is 16.6 Å². The van der Waals surface area contributed by atoms with E-state index in [9.17, 15) is 0 Å². The molecule has 0 unspecified atom stereocenters. The lowest BCUT2D eigenvalue weighted by molar-refractivity contribution is 0.296. The lowest BCUT2D eigenvalue weighted by Crippen LogP contribution is -1.97. The summed E-state index contributed by atoms with van der Waals surface area (Å²) < 4.78 is 6.22. The fraction of sp³-hybridized carbons (Fsp3) is 0.400. The number of aliphatic hydroxyl groups is 1. The Morgan fingerprint density at radius 2 is 2.15 bits per heavy atom. The summed E-state index contributed by atoms with van der Waals surface area (Å²) >= 11 is 3.45. The second-order valence-corrected chi connectivity index (χ2v) is 3.66. The van der Waals surface area contributed by atoms with Crippen molar-refractivity contribution in [3.8, 4) is 5.75 Å². The molecule has 0 atom stereocenters. The van der Waals surface area contributed by atoms with E-state index in [4.69, 9.17) is 9.84 Å². The second kappa shape index (κ2) is 4.63. The minimum Gasteiger partial charge on any atom is -0.495 e. The van der Waals surface area contributed by atoms with Gasteiger partial charge in [0.05, 0.1) is 11.6 Å². The first kappa shape index (κ1) is 10.5. The molecule has 1 aromatic carbocycles. The van der Waals surface area contributed by atoms with Gasteiger partial charge in [0.25, 0.3) is 0 Å². The van der Waals surface area contributed by atoms with Crippen molar-refractivity contribution in [3.05, 3.63) is 27.7 Å². The van der Waals surface area contributed by atoms with E-state index in [-0.39, 0.29) is 6.61 Å². The topological polar surface area (TPSA) is 29.5 Å². The predicted octanol–water partition coefficient (Wildman–Crippen LogP) is 2.30. The van der Waals surface area contributed by atoms with Gasteiger partial charge in [-0.15, -0.1) is 0 Å². The molecule has 0 fully saturated rings. The van der Waals surface area contributed by atoms with Crippen LogP contribution in [-0.4, -0.2) is 18.8 Å². The first-order valence-electron chi connectivity index (χ1n) is 4.13. The van der Waals surface area contributed by atoms with Gasteiger partial charge in [0.2, 0.25) is 0 Å². The highest BCUT2D eigenvalue weighted by atomic mass is 79.9. The van der Waals surface area contributed by atoms with E-state index in [2.05, 4.69) is 15.9 Å². The van der Waals surface area contributed by atoms with Gasteiger partial charge in [0, 0.05) is 6.61 Å². The summed E-state index contributed by atoms with van der Waals surface area (Å²) in [5.41, 5.74) is 2.17. The van der Waals surface area contributed by atoms with Crippen LogP contribution in [0, 0.1) is 6.92 Å². The average Bonchev–Trinajstić information content (AvgIpc) is 2.12. The molecule has 0 aromatic heterocycles. The lowest BCUT2D eigenvalue weighted by Gasteiger charge is -2.11. The number of ether oxygens (including phenoxy) is 1. The van der Waals surface area contributed by atoms with Gasteiger partial charge in [-0.2, -0.15) is 0 Å². The molecule has 0 saturated heterocycles. The molecule has 3 heteroatoms. The van der Waals surface area contributed by atoms with Crippen LogP contribution in [0.3, 0.4) is 0 Å². The molecule has 72 valence electrons. The summed E-state index contributed by atoms with van der Waals surface area (Å²) in [5.74, 6) is 0.828. The molecule has 0 saturated carbocycles. The molecule has 0 amide bonds. The zero-order chi connectivity index (χ0) is 9.84. The number of hydrogen-bond donors (Lipinski definition) is 1. The number of aryl methyl sites for hydroxylation is 1. The predicted molar refractivity (Wildman–Crippen MR) is 56.2 cm³/mol. The van der Waals surface area contributed by atoms with Crippen molar-refractivity contribution >= 4 is 15.9 Å². The molecular weight excluding hydrogens is 232 g/mol. The van der Waals surface area contributed by atoms with Gasteiger partial charge < -0.3 is 9.84 Å². The van der Waals surface area contributed by atoms with Gasteiger partial charge in [-0.3, -0.25) is 0 Å². The van der Waals surface area contributed by atoms with E-state index in [1.54, 1.807) is 7.11 Å². The molecular formula is C10H13BrO2. The normalized spacial score (nSPS) is 10.2. The molecule has 1 aromatic rings. The van der Waals surface area contributed by atoms with Crippen molar-refractivity contribution < 1.29 is 9.84 Å². The average molecular weight is 245 g/mol. The molecule has 0 spiro atoms. The van der Waals surface area contributed by atoms with Crippen LogP contribution in [0.2, 0.25) is 0 Å². The molecule has 2 nitrogen and oxygen atoms in total. The molecule has 0 aliphatic rings. The molecule has 0 radical (unpaired) electrons. The second-order valence-electron chi connectivity index (χ2n) is 2.86. The molecule has 0 heterocycles. The fourth-order valence-electron chi connectivity index (χ4n) is 1.23. The summed E-state index contributed by atoms with van der Waals surface area (Å²) in [6.07, 6.45) is 0.627. The van der Waals surface area contributed by atoms with Crippen LogP contribution in [0.25, 0.3) is 0 Å². The number of benzene rings is 1.